The Hall–Kier alpha value is -1.53. The molecular weight excluding hydrogens is 334 g/mol. The van der Waals surface area contributed by atoms with Gasteiger partial charge in [0.15, 0.2) is 16.4 Å². The molecule has 1 heterocycles. The van der Waals surface area contributed by atoms with Crippen molar-refractivity contribution in [1.82, 2.24) is 9.55 Å². The van der Waals surface area contributed by atoms with Crippen LogP contribution in [-0.4, -0.2) is 9.55 Å². The van der Waals surface area contributed by atoms with E-state index in [-0.39, 0.29) is 5.69 Å². The van der Waals surface area contributed by atoms with Gasteiger partial charge in [-0.1, -0.05) is 22.0 Å². The second-order valence-electron chi connectivity index (χ2n) is 4.00. The van der Waals surface area contributed by atoms with E-state index in [9.17, 15) is 8.78 Å². The highest BCUT2D eigenvalue weighted by atomic mass is 79.9. The molecule has 0 amide bonds. The van der Waals surface area contributed by atoms with Crippen LogP contribution in [0.4, 0.5) is 8.78 Å². The second-order valence-corrected chi connectivity index (χ2v) is 5.30. The molecule has 2 aromatic carbocycles. The van der Waals surface area contributed by atoms with E-state index in [1.54, 1.807) is 6.07 Å². The van der Waals surface area contributed by atoms with Crippen molar-refractivity contribution in [3.8, 4) is 5.69 Å². The van der Waals surface area contributed by atoms with E-state index in [0.717, 1.165) is 16.1 Å². The molecule has 0 spiro atoms. The first-order valence-corrected chi connectivity index (χ1v) is 6.63. The molecule has 1 aromatic heterocycles. The van der Waals surface area contributed by atoms with Crippen LogP contribution >= 0.6 is 28.1 Å². The Morgan fingerprint density at radius 1 is 1.16 bits per heavy atom. The fourth-order valence-corrected chi connectivity index (χ4v) is 2.66. The van der Waals surface area contributed by atoms with E-state index in [2.05, 4.69) is 20.9 Å². The molecule has 3 rings (SSSR count). The van der Waals surface area contributed by atoms with Crippen LogP contribution in [0, 0.1) is 16.4 Å². The van der Waals surface area contributed by atoms with Crippen molar-refractivity contribution < 1.29 is 8.78 Å². The van der Waals surface area contributed by atoms with E-state index >= 15 is 0 Å². The Balaban J connectivity index is 2.40. The van der Waals surface area contributed by atoms with Gasteiger partial charge in [-0.3, -0.25) is 4.57 Å². The van der Waals surface area contributed by atoms with Gasteiger partial charge in [-0.05, 0) is 42.5 Å². The lowest BCUT2D eigenvalue weighted by molar-refractivity contribution is 0.504. The van der Waals surface area contributed by atoms with Crippen LogP contribution in [0.2, 0.25) is 0 Å². The largest absolute Gasteiger partial charge is 0.330 e. The summed E-state index contributed by atoms with van der Waals surface area (Å²) in [5, 5.41) is 0. The van der Waals surface area contributed by atoms with Crippen LogP contribution in [0.5, 0.6) is 0 Å². The van der Waals surface area contributed by atoms with Crippen LogP contribution in [-0.2, 0) is 0 Å². The van der Waals surface area contributed by atoms with Crippen molar-refractivity contribution in [3.63, 3.8) is 0 Å². The lowest BCUT2D eigenvalue weighted by Gasteiger charge is -2.06. The van der Waals surface area contributed by atoms with Crippen LogP contribution in [0.15, 0.2) is 40.9 Å². The lowest BCUT2D eigenvalue weighted by atomic mass is 10.2. The summed E-state index contributed by atoms with van der Waals surface area (Å²) in [6.45, 7) is 0. The zero-order valence-electron chi connectivity index (χ0n) is 9.45. The molecule has 96 valence electrons. The average molecular weight is 341 g/mol. The summed E-state index contributed by atoms with van der Waals surface area (Å²) >= 11 is 8.54. The van der Waals surface area contributed by atoms with Gasteiger partial charge in [0, 0.05) is 4.47 Å². The topological polar surface area (TPSA) is 20.7 Å². The van der Waals surface area contributed by atoms with E-state index in [4.69, 9.17) is 12.2 Å². The van der Waals surface area contributed by atoms with Crippen molar-refractivity contribution in [3.05, 3.63) is 57.3 Å². The van der Waals surface area contributed by atoms with Gasteiger partial charge in [0.2, 0.25) is 0 Å². The summed E-state index contributed by atoms with van der Waals surface area (Å²) in [7, 11) is 0. The van der Waals surface area contributed by atoms with E-state index in [0.29, 0.717) is 10.3 Å². The fraction of sp³-hybridized carbons (Fsp3) is 0. The van der Waals surface area contributed by atoms with Crippen molar-refractivity contribution in [2.45, 2.75) is 0 Å². The number of H-pyrrole nitrogens is 1. The maximum Gasteiger partial charge on any atom is 0.182 e. The zero-order valence-corrected chi connectivity index (χ0v) is 11.9. The predicted molar refractivity (Wildman–Crippen MR) is 76.1 cm³/mol. The minimum absolute atomic E-state index is 0.0959. The van der Waals surface area contributed by atoms with E-state index in [1.165, 1.54) is 16.7 Å². The molecule has 3 aromatic rings. The van der Waals surface area contributed by atoms with Crippen molar-refractivity contribution in [1.29, 1.82) is 0 Å². The third-order valence-electron chi connectivity index (χ3n) is 2.82. The smallest absolute Gasteiger partial charge is 0.182 e. The van der Waals surface area contributed by atoms with Crippen molar-refractivity contribution >= 4 is 39.2 Å². The molecule has 1 N–H and O–H groups in total. The Labute approximate surface area is 120 Å². The normalized spacial score (nSPS) is 11.1. The summed E-state index contributed by atoms with van der Waals surface area (Å²) in [6, 6.07) is 9.46. The van der Waals surface area contributed by atoms with Gasteiger partial charge in [-0.15, -0.1) is 0 Å². The molecule has 0 saturated carbocycles. The molecule has 0 aliphatic heterocycles. The Bertz CT molecular complexity index is 838. The number of hydrogen-bond donors (Lipinski definition) is 1. The maximum absolute atomic E-state index is 13.9. The van der Waals surface area contributed by atoms with Gasteiger partial charge in [0.25, 0.3) is 0 Å². The second kappa shape index (κ2) is 4.54. The minimum Gasteiger partial charge on any atom is -0.330 e. The van der Waals surface area contributed by atoms with Crippen LogP contribution in [0.1, 0.15) is 0 Å². The predicted octanol–water partition coefficient (Wildman–Crippen LogP) is 4.73. The summed E-state index contributed by atoms with van der Waals surface area (Å²) in [4.78, 5) is 2.97. The molecule has 2 nitrogen and oxygen atoms in total. The molecule has 19 heavy (non-hydrogen) atoms. The zero-order chi connectivity index (χ0) is 13.6. The SMILES string of the molecule is Fc1cccc(-n2c(=S)[nH]c3cc(Br)ccc32)c1F. The molecule has 0 fully saturated rings. The maximum atomic E-state index is 13.9. The summed E-state index contributed by atoms with van der Waals surface area (Å²) < 4.78 is 29.9. The van der Waals surface area contributed by atoms with Gasteiger partial charge >= 0.3 is 0 Å². The molecule has 0 unspecified atom stereocenters. The number of nitrogens with zero attached hydrogens (tertiary/aromatic N) is 1. The lowest BCUT2D eigenvalue weighted by Crippen LogP contribution is -1.99. The fourth-order valence-electron chi connectivity index (χ4n) is 1.99. The van der Waals surface area contributed by atoms with Gasteiger partial charge < -0.3 is 4.98 Å². The third-order valence-corrected chi connectivity index (χ3v) is 3.59. The number of fused-ring (bicyclic) bond motifs is 1. The first-order chi connectivity index (χ1) is 9.08. The van der Waals surface area contributed by atoms with Crippen LogP contribution in [0.3, 0.4) is 0 Å². The molecule has 0 aliphatic rings. The standard InChI is InChI=1S/C13H7BrF2N2S/c14-7-4-5-10-9(6-7)17-13(19)18(10)11-3-1-2-8(15)12(11)16/h1-6H,(H,17,19). The van der Waals surface area contributed by atoms with Gasteiger partial charge in [0.1, 0.15) is 0 Å². The number of aromatic amines is 1. The Morgan fingerprint density at radius 3 is 2.74 bits per heavy atom. The van der Waals surface area contributed by atoms with E-state index in [1.807, 2.05) is 12.1 Å². The van der Waals surface area contributed by atoms with Gasteiger partial charge in [-0.25, -0.2) is 8.78 Å². The van der Waals surface area contributed by atoms with Gasteiger partial charge in [0.05, 0.1) is 16.7 Å². The number of nitrogens with one attached hydrogen (secondary N) is 1. The van der Waals surface area contributed by atoms with Crippen LogP contribution < -0.4 is 0 Å². The van der Waals surface area contributed by atoms with Crippen LogP contribution in [0.25, 0.3) is 16.7 Å². The Kier molecular flexibility index (Phi) is 2.99. The van der Waals surface area contributed by atoms with Gasteiger partial charge in [-0.2, -0.15) is 0 Å². The van der Waals surface area contributed by atoms with Crippen molar-refractivity contribution in [2.75, 3.05) is 0 Å². The summed E-state index contributed by atoms with van der Waals surface area (Å²) in [5.41, 5.74) is 1.54. The molecule has 0 radical (unpaired) electrons. The average Bonchev–Trinajstić information content (AvgIpc) is 2.68. The summed E-state index contributed by atoms with van der Waals surface area (Å²) in [6.07, 6.45) is 0. The molecule has 0 aliphatic carbocycles. The molecule has 6 heteroatoms. The molecular formula is C13H7BrF2N2S. The molecule has 0 bridgehead atoms. The highest BCUT2D eigenvalue weighted by Crippen LogP contribution is 2.25. The number of hydrogen-bond acceptors (Lipinski definition) is 1. The summed E-state index contributed by atoms with van der Waals surface area (Å²) in [5.74, 6) is -1.81. The highest BCUT2D eigenvalue weighted by molar-refractivity contribution is 9.10. The third kappa shape index (κ3) is 2.01. The Morgan fingerprint density at radius 2 is 1.95 bits per heavy atom. The number of imidazole rings is 1. The highest BCUT2D eigenvalue weighted by Gasteiger charge is 2.13. The number of rotatable bonds is 1. The first kappa shape index (κ1) is 12.5. The quantitative estimate of drug-likeness (QED) is 0.635. The minimum atomic E-state index is -0.914. The van der Waals surface area contributed by atoms with E-state index < -0.39 is 11.6 Å². The number of benzene rings is 2. The monoisotopic (exact) mass is 340 g/mol. The number of aromatic nitrogens is 2. The molecule has 0 atom stereocenters. The number of halogens is 3. The first-order valence-electron chi connectivity index (χ1n) is 5.42. The molecule has 0 saturated heterocycles. The van der Waals surface area contributed by atoms with Crippen molar-refractivity contribution in [2.24, 2.45) is 0 Å².